The summed E-state index contributed by atoms with van der Waals surface area (Å²) in [6.45, 7) is 23.1. The van der Waals surface area contributed by atoms with E-state index in [-0.39, 0.29) is 0 Å². The van der Waals surface area contributed by atoms with Crippen LogP contribution >= 0.6 is 15.2 Å². The molecule has 0 aromatic carbocycles. The second-order valence-corrected chi connectivity index (χ2v) is 25.5. The predicted molar refractivity (Wildman–Crippen MR) is 219 cm³/mol. The molecule has 0 bridgehead atoms. The van der Waals surface area contributed by atoms with E-state index in [4.69, 9.17) is 10.7 Å². The fraction of sp³-hybridized carbons (Fsp3) is 1.00. The van der Waals surface area contributed by atoms with Gasteiger partial charge in [0, 0.05) is 0 Å². The monoisotopic (exact) mass is 743 g/mol. The van der Waals surface area contributed by atoms with Gasteiger partial charge in [0.05, 0.1) is 0 Å². The summed E-state index contributed by atoms with van der Waals surface area (Å²) in [5, 5.41) is 0. The molecule has 0 aliphatic rings. The summed E-state index contributed by atoms with van der Waals surface area (Å²) in [7, 11) is 1.26. The molecular weight excluding hydrogens is 650 g/mol. The molecule has 6 heteroatoms. The number of hydrogen-bond donors (Lipinski definition) is 2. The molecule has 0 radical (unpaired) electrons. The summed E-state index contributed by atoms with van der Waals surface area (Å²) in [6, 6.07) is 0. The van der Waals surface area contributed by atoms with Crippen molar-refractivity contribution in [1.82, 2.24) is 0 Å². The van der Waals surface area contributed by atoms with Crippen LogP contribution in [-0.4, -0.2) is 49.0 Å². The molecule has 0 saturated carbocycles. The first kappa shape index (κ1) is 52.7. The van der Waals surface area contributed by atoms with Crippen molar-refractivity contribution in [3.8, 4) is 0 Å². The van der Waals surface area contributed by atoms with Crippen LogP contribution in [0.1, 0.15) is 223 Å². The molecule has 0 fully saturated rings. The van der Waals surface area contributed by atoms with Gasteiger partial charge < -0.3 is 0 Å². The first-order valence-corrected chi connectivity index (χ1v) is 27.3. The topological polar surface area (TPSA) is 57.5 Å². The molecule has 0 spiro atoms. The van der Waals surface area contributed by atoms with Gasteiger partial charge in [-0.05, 0) is 25.2 Å². The normalized spacial score (nSPS) is 12.4. The van der Waals surface area contributed by atoms with E-state index in [2.05, 4.69) is 69.2 Å². The quantitative estimate of drug-likeness (QED) is 0.0422. The van der Waals surface area contributed by atoms with E-state index in [9.17, 15) is 0 Å². The van der Waals surface area contributed by atoms with Gasteiger partial charge in [-0.15, -0.1) is 8.58 Å². The second-order valence-electron chi connectivity index (χ2n) is 15.6. The predicted octanol–water partition coefficient (Wildman–Crippen LogP) is 14.6. The van der Waals surface area contributed by atoms with Crippen LogP contribution in [0.3, 0.4) is 0 Å². The first-order valence-electron chi connectivity index (χ1n) is 21.1. The zero-order valence-electron chi connectivity index (χ0n) is 34.3. The molecule has 47 heavy (non-hydrogen) atoms. The summed E-state index contributed by atoms with van der Waals surface area (Å²) < 4.78 is 23.2. The zero-order chi connectivity index (χ0) is 36.3. The minimum absolute atomic E-state index is 0.896. The average molecular weight is 743 g/mol. The van der Waals surface area contributed by atoms with Crippen LogP contribution in [0, 0.1) is 0 Å². The van der Waals surface area contributed by atoms with Gasteiger partial charge in [-0.25, -0.2) is 0 Å². The molecule has 0 saturated heterocycles. The number of rotatable bonds is 31. The maximum absolute atomic E-state index is 8.81. The molecule has 3 nitrogen and oxygen atoms in total. The Labute approximate surface area is 308 Å². The molecule has 0 aromatic heterocycles. The molecule has 0 rings (SSSR count). The molecule has 0 amide bonds. The van der Waals surface area contributed by atoms with E-state index in [1.807, 2.05) is 0 Å². The second kappa shape index (κ2) is 37.1. The van der Waals surface area contributed by atoms with Crippen LogP contribution in [0.2, 0.25) is 0 Å². The van der Waals surface area contributed by atoms with E-state index in [0.29, 0.717) is 0 Å². The first-order chi connectivity index (χ1) is 22.4. The number of hydrogen-bond acceptors (Lipinski definition) is 1. The van der Waals surface area contributed by atoms with Crippen molar-refractivity contribution in [2.75, 3.05) is 24.6 Å². The van der Waals surface area contributed by atoms with Crippen molar-refractivity contribution in [2.24, 2.45) is 0 Å². The van der Waals surface area contributed by atoms with Crippen molar-refractivity contribution in [2.45, 2.75) is 240 Å². The van der Waals surface area contributed by atoms with E-state index < -0.39 is 25.2 Å². The van der Waals surface area contributed by atoms with Crippen molar-refractivity contribution in [1.29, 1.82) is 0 Å². The van der Waals surface area contributed by atoms with Gasteiger partial charge in [0.2, 0.25) is 0 Å². The third kappa shape index (κ3) is 27.6. The number of unbranched alkanes of at least 4 members (excludes halogenated alkanes) is 20. The summed E-state index contributed by atoms with van der Waals surface area (Å²) in [5.41, 5.74) is 2.69. The fourth-order valence-electron chi connectivity index (χ4n) is 8.19. The molecule has 2 N–H and O–H groups in total. The van der Waals surface area contributed by atoms with Gasteiger partial charge in [-0.1, -0.05) is 78.1 Å². The summed E-state index contributed by atoms with van der Waals surface area (Å²) in [5.74, 6) is 0. The SMILES string of the molecule is CCCCCCCCP(CCCCCCCC)(C(C)C)(C(C)C)C(C)C.CCCCCCCCPCCCCCCCC.[O]=[Ti]([OH])[OH]. The summed E-state index contributed by atoms with van der Waals surface area (Å²) in [4.78, 5) is 0. The Morgan fingerprint density at radius 1 is 0.426 bits per heavy atom. The Bertz CT molecular complexity index is 580. The Balaban J connectivity index is -0.000000789. The van der Waals surface area contributed by atoms with Gasteiger partial charge in [-0.2, -0.15) is 0 Å². The molecule has 0 aliphatic carbocycles. The van der Waals surface area contributed by atoms with E-state index in [1.54, 1.807) is 12.3 Å². The van der Waals surface area contributed by atoms with Crippen molar-refractivity contribution < 1.29 is 29.3 Å². The van der Waals surface area contributed by atoms with Gasteiger partial charge in [0.25, 0.3) is 0 Å². The molecular formula is C41H92O3P2Ti. The van der Waals surface area contributed by atoms with Crippen LogP contribution in [-0.2, 0) is 21.9 Å². The van der Waals surface area contributed by atoms with Gasteiger partial charge in [0.15, 0.2) is 0 Å². The summed E-state index contributed by atoms with van der Waals surface area (Å²) in [6.07, 6.45) is 41.0. The third-order valence-corrected chi connectivity index (χ3v) is 23.7. The molecule has 0 aromatic rings. The Kier molecular flexibility index (Phi) is 41.5. The van der Waals surface area contributed by atoms with Gasteiger partial charge in [-0.3, -0.25) is 0 Å². The van der Waals surface area contributed by atoms with Crippen molar-refractivity contribution in [3.05, 3.63) is 0 Å². The standard InChI is InChI=1S/C25H55P.C16H35P.2H2O.O.Ti/c1-9-11-13-15-17-19-21-26(23(3)4,24(5)6,25(7)8)22-20-18-16-14-12-10-2;1-3-5-7-9-11-13-15-17-16-14-12-10-8-6-4-2;;;;/h23-25H,9-22H2,1-8H3;17H,3-16H2,1-2H3;2*1H2;;/q;;;;;+2/p-2. The van der Waals surface area contributed by atoms with Crippen LogP contribution in [0.15, 0.2) is 0 Å². The van der Waals surface area contributed by atoms with E-state index >= 15 is 0 Å². The zero-order valence-corrected chi connectivity index (χ0v) is 37.7. The van der Waals surface area contributed by atoms with Gasteiger partial charge >= 0.3 is 198 Å². The molecule has 0 aliphatic heterocycles. The Hall–Kier alpha value is 1.29. The third-order valence-electron chi connectivity index (χ3n) is 11.5. The van der Waals surface area contributed by atoms with Crippen molar-refractivity contribution >= 4 is 15.2 Å². The maximum atomic E-state index is 8.81. The van der Waals surface area contributed by atoms with Crippen LogP contribution in [0.5, 0.6) is 0 Å². The molecule has 0 unspecified atom stereocenters. The molecule has 288 valence electrons. The fourth-order valence-corrected chi connectivity index (χ4v) is 18.3. The average Bonchev–Trinajstić information content (AvgIpc) is 3.01. The van der Waals surface area contributed by atoms with Crippen LogP contribution < -0.4 is 0 Å². The van der Waals surface area contributed by atoms with E-state index in [1.165, 1.54) is 175 Å². The molecule has 0 atom stereocenters. The molecule has 0 heterocycles. The van der Waals surface area contributed by atoms with Gasteiger partial charge in [0.1, 0.15) is 0 Å². The van der Waals surface area contributed by atoms with Crippen molar-refractivity contribution in [3.63, 3.8) is 0 Å². The Morgan fingerprint density at radius 3 is 0.872 bits per heavy atom. The summed E-state index contributed by atoms with van der Waals surface area (Å²) >= 11 is -3.58. The van der Waals surface area contributed by atoms with E-state index in [0.717, 1.165) is 17.0 Å². The Morgan fingerprint density at radius 2 is 0.638 bits per heavy atom. The van der Waals surface area contributed by atoms with Crippen LogP contribution in [0.4, 0.5) is 0 Å². The minimum atomic E-state index is -3.58. The van der Waals surface area contributed by atoms with Crippen LogP contribution in [0.25, 0.3) is 0 Å².